The van der Waals surface area contributed by atoms with Crippen molar-refractivity contribution in [2.24, 2.45) is 4.99 Å². The van der Waals surface area contributed by atoms with E-state index in [1.807, 2.05) is 0 Å². The van der Waals surface area contributed by atoms with Gasteiger partial charge >= 0.3 is 0 Å². The highest BCUT2D eigenvalue weighted by molar-refractivity contribution is 6.93. The molecule has 0 radical (unpaired) electrons. The molecule has 0 N–H and O–H groups in total. The van der Waals surface area contributed by atoms with Crippen molar-refractivity contribution < 1.29 is 4.74 Å². The van der Waals surface area contributed by atoms with Gasteiger partial charge in [-0.05, 0) is 36.3 Å². The first-order valence-corrected chi connectivity index (χ1v) is 16.7. The molecule has 5 heteroatoms. The SMILES string of the molecule is CCC[Si](CCC)(CCC)N(C1COC=N1)[Si](CCC)(CCC)CCC. The number of nitrogens with zero attached hydrogens (tertiary/aromatic N) is 2. The Bertz CT molecular complexity index is 343. The van der Waals surface area contributed by atoms with Gasteiger partial charge in [-0.25, -0.2) is 4.99 Å². The van der Waals surface area contributed by atoms with E-state index < -0.39 is 16.5 Å². The molecule has 0 aromatic carbocycles. The second-order valence-corrected chi connectivity index (χ2v) is 17.7. The van der Waals surface area contributed by atoms with Crippen molar-refractivity contribution in [3.8, 4) is 0 Å². The highest BCUT2D eigenvalue weighted by Gasteiger charge is 2.52. The van der Waals surface area contributed by atoms with Gasteiger partial charge in [-0.15, -0.1) is 0 Å². The highest BCUT2D eigenvalue weighted by atomic mass is 28.4. The van der Waals surface area contributed by atoms with Crippen LogP contribution < -0.4 is 0 Å². The van der Waals surface area contributed by atoms with E-state index in [4.69, 9.17) is 9.73 Å². The summed E-state index contributed by atoms with van der Waals surface area (Å²) in [6, 6.07) is 8.71. The van der Waals surface area contributed by atoms with Crippen LogP contribution in [0, 0.1) is 0 Å². The molecule has 26 heavy (non-hydrogen) atoms. The van der Waals surface area contributed by atoms with Crippen LogP contribution in [0.3, 0.4) is 0 Å². The minimum absolute atomic E-state index is 0.322. The van der Waals surface area contributed by atoms with Crippen molar-refractivity contribution >= 4 is 22.9 Å². The first kappa shape index (κ1) is 23.9. The Morgan fingerprint density at radius 1 is 0.731 bits per heavy atom. The molecule has 0 saturated heterocycles. The van der Waals surface area contributed by atoms with Gasteiger partial charge in [0, 0.05) is 0 Å². The van der Waals surface area contributed by atoms with Gasteiger partial charge in [-0.1, -0.05) is 80.1 Å². The second-order valence-electron chi connectivity index (χ2n) is 8.39. The van der Waals surface area contributed by atoms with E-state index in [1.165, 1.54) is 74.8 Å². The van der Waals surface area contributed by atoms with Crippen LogP contribution in [0.4, 0.5) is 0 Å². The summed E-state index contributed by atoms with van der Waals surface area (Å²) in [4.78, 5) is 4.91. The Hall–Kier alpha value is -0.136. The van der Waals surface area contributed by atoms with Crippen LogP contribution in [0.2, 0.25) is 36.3 Å². The highest BCUT2D eigenvalue weighted by Crippen LogP contribution is 2.42. The molecule has 1 heterocycles. The molecule has 3 nitrogen and oxygen atoms in total. The second kappa shape index (κ2) is 12.3. The minimum atomic E-state index is -1.54. The maximum Gasteiger partial charge on any atom is 0.171 e. The lowest BCUT2D eigenvalue weighted by Gasteiger charge is -2.55. The molecule has 0 aromatic rings. The van der Waals surface area contributed by atoms with Crippen LogP contribution in [0.15, 0.2) is 4.99 Å². The van der Waals surface area contributed by atoms with Gasteiger partial charge in [0.1, 0.15) is 29.2 Å². The summed E-state index contributed by atoms with van der Waals surface area (Å²) in [6.45, 7) is 15.2. The summed E-state index contributed by atoms with van der Waals surface area (Å²) in [5.41, 5.74) is 0. The lowest BCUT2D eigenvalue weighted by atomic mass is 10.5. The number of aliphatic imine (C=N–C) groups is 1. The summed E-state index contributed by atoms with van der Waals surface area (Å²) in [6.07, 6.45) is 10.0. The largest absolute Gasteiger partial charge is 0.480 e. The fourth-order valence-corrected chi connectivity index (χ4v) is 21.9. The van der Waals surface area contributed by atoms with E-state index in [2.05, 4.69) is 45.8 Å². The average molecular weight is 399 g/mol. The van der Waals surface area contributed by atoms with Crippen LogP contribution in [-0.2, 0) is 4.74 Å². The van der Waals surface area contributed by atoms with E-state index in [9.17, 15) is 0 Å². The number of hydrogen-bond donors (Lipinski definition) is 0. The molecule has 154 valence electrons. The number of ether oxygens (including phenoxy) is 1. The predicted molar refractivity (Wildman–Crippen MR) is 122 cm³/mol. The van der Waals surface area contributed by atoms with Gasteiger partial charge in [0.05, 0.1) is 0 Å². The molecular formula is C21H46N2OSi2. The molecule has 0 bridgehead atoms. The monoisotopic (exact) mass is 398 g/mol. The van der Waals surface area contributed by atoms with Gasteiger partial charge < -0.3 is 8.97 Å². The van der Waals surface area contributed by atoms with E-state index >= 15 is 0 Å². The van der Waals surface area contributed by atoms with Crippen LogP contribution >= 0.6 is 0 Å². The summed E-state index contributed by atoms with van der Waals surface area (Å²) >= 11 is 0. The molecule has 0 aliphatic carbocycles. The normalized spacial score (nSPS) is 17.9. The van der Waals surface area contributed by atoms with Crippen LogP contribution in [0.5, 0.6) is 0 Å². The molecular weight excluding hydrogens is 352 g/mol. The molecule has 1 atom stereocenters. The predicted octanol–water partition coefficient (Wildman–Crippen LogP) is 7.02. The van der Waals surface area contributed by atoms with Crippen LogP contribution in [0.25, 0.3) is 0 Å². The minimum Gasteiger partial charge on any atom is -0.480 e. The summed E-state index contributed by atoms with van der Waals surface area (Å²) in [7, 11) is -3.07. The van der Waals surface area contributed by atoms with E-state index in [0.29, 0.717) is 6.17 Å². The van der Waals surface area contributed by atoms with Crippen molar-refractivity contribution in [3.63, 3.8) is 0 Å². The van der Waals surface area contributed by atoms with Gasteiger partial charge in [0.2, 0.25) is 0 Å². The molecule has 1 rings (SSSR count). The Kier molecular flexibility index (Phi) is 11.4. The van der Waals surface area contributed by atoms with Crippen molar-refractivity contribution in [1.29, 1.82) is 0 Å². The quantitative estimate of drug-likeness (QED) is 0.277. The standard InChI is InChI=1S/C21H46N2OSi2/c1-7-13-25(14-8-2,15-9-3)23(21-19-24-20-22-21)26(16-10-4,17-11-5)18-12-6/h20-21H,7-19H2,1-6H3. The Labute approximate surface area is 166 Å². The van der Waals surface area contributed by atoms with E-state index in [1.54, 1.807) is 6.40 Å². The molecule has 1 unspecified atom stereocenters. The van der Waals surface area contributed by atoms with Crippen molar-refractivity contribution in [2.75, 3.05) is 6.61 Å². The number of rotatable bonds is 15. The summed E-state index contributed by atoms with van der Waals surface area (Å²) in [5.74, 6) is 0. The Morgan fingerprint density at radius 2 is 1.08 bits per heavy atom. The molecule has 1 aliphatic heterocycles. The number of hydrogen-bond acceptors (Lipinski definition) is 3. The first-order chi connectivity index (χ1) is 12.6. The van der Waals surface area contributed by atoms with E-state index in [0.717, 1.165) is 6.61 Å². The van der Waals surface area contributed by atoms with Gasteiger partial charge in [0.25, 0.3) is 0 Å². The maximum absolute atomic E-state index is 5.71. The summed E-state index contributed by atoms with van der Waals surface area (Å²) in [5, 5.41) is 0. The zero-order valence-corrected chi connectivity index (χ0v) is 20.6. The molecule has 1 aliphatic rings. The molecule has 0 amide bonds. The third kappa shape index (κ3) is 5.68. The third-order valence-electron chi connectivity index (χ3n) is 6.17. The maximum atomic E-state index is 5.71. The van der Waals surface area contributed by atoms with Gasteiger partial charge in [-0.3, -0.25) is 0 Å². The molecule has 0 fully saturated rings. The van der Waals surface area contributed by atoms with Gasteiger partial charge in [-0.2, -0.15) is 0 Å². The smallest absolute Gasteiger partial charge is 0.171 e. The Morgan fingerprint density at radius 3 is 1.31 bits per heavy atom. The average Bonchev–Trinajstić information content (AvgIpc) is 3.10. The molecule has 0 saturated carbocycles. The zero-order chi connectivity index (χ0) is 19.5. The first-order valence-electron chi connectivity index (χ1n) is 11.5. The van der Waals surface area contributed by atoms with Crippen LogP contribution in [0.1, 0.15) is 80.1 Å². The molecule has 0 aromatic heterocycles. The zero-order valence-electron chi connectivity index (χ0n) is 18.6. The Balaban J connectivity index is 3.50. The van der Waals surface area contributed by atoms with E-state index in [-0.39, 0.29) is 0 Å². The fraction of sp³-hybridized carbons (Fsp3) is 0.952. The van der Waals surface area contributed by atoms with Crippen molar-refractivity contribution in [2.45, 2.75) is 122 Å². The lowest BCUT2D eigenvalue weighted by molar-refractivity contribution is 0.278. The van der Waals surface area contributed by atoms with Crippen molar-refractivity contribution in [3.05, 3.63) is 0 Å². The van der Waals surface area contributed by atoms with Gasteiger partial charge in [0.15, 0.2) is 6.40 Å². The lowest BCUT2D eigenvalue weighted by Crippen LogP contribution is -2.70. The summed E-state index contributed by atoms with van der Waals surface area (Å²) < 4.78 is 8.90. The third-order valence-corrected chi connectivity index (χ3v) is 20.2. The van der Waals surface area contributed by atoms with Crippen LogP contribution in [-0.4, -0.2) is 39.9 Å². The van der Waals surface area contributed by atoms with Crippen molar-refractivity contribution in [1.82, 2.24) is 4.23 Å². The topological polar surface area (TPSA) is 24.8 Å². The fourth-order valence-electron chi connectivity index (χ4n) is 5.83. The molecule has 0 spiro atoms.